The summed E-state index contributed by atoms with van der Waals surface area (Å²) in [7, 11) is 0. The van der Waals surface area contributed by atoms with E-state index in [2.05, 4.69) is 0 Å². The van der Waals surface area contributed by atoms with E-state index < -0.39 is 0 Å². The van der Waals surface area contributed by atoms with Gasteiger partial charge >= 0.3 is 17.4 Å². The summed E-state index contributed by atoms with van der Waals surface area (Å²) in [6, 6.07) is 0. The quantitative estimate of drug-likeness (QED) is 0.385. The van der Waals surface area contributed by atoms with Crippen LogP contribution >= 0.6 is 0 Å². The molecule has 0 aliphatic rings. The molecule has 0 aromatic heterocycles. The monoisotopic (exact) mass is 272 g/mol. The molecule has 0 saturated carbocycles. The molecule has 0 radical (unpaired) electrons. The second-order valence-corrected chi connectivity index (χ2v) is 0. The summed E-state index contributed by atoms with van der Waals surface area (Å²) >= 11 is 0. The Bertz CT molecular complexity index is 6.85. The van der Waals surface area contributed by atoms with E-state index in [1.807, 2.05) is 0 Å². The second kappa shape index (κ2) is 29.3. The molecule has 0 spiro atoms. The van der Waals surface area contributed by atoms with Gasteiger partial charge in [-0.1, -0.05) is 0 Å². The first-order valence-corrected chi connectivity index (χ1v) is 0. The van der Waals surface area contributed by atoms with Crippen LogP contribution in [0.25, 0.3) is 0 Å². The van der Waals surface area contributed by atoms with Crippen molar-refractivity contribution in [1.82, 2.24) is 0 Å². The zero-order valence-corrected chi connectivity index (χ0v) is 8.77. The fourth-order valence-corrected chi connectivity index (χ4v) is 0. The van der Waals surface area contributed by atoms with Crippen molar-refractivity contribution in [3.8, 4) is 0 Å². The molecule has 0 rings (SSSR count). The normalized spacial score (nSPS) is 0. The molecular weight excluding hydrogens is 273 g/mol. The van der Waals surface area contributed by atoms with E-state index in [1.54, 1.807) is 0 Å². The molecule has 0 saturated heterocycles. The van der Waals surface area contributed by atoms with E-state index in [0.717, 1.165) is 0 Å². The number of hydrogen-bond acceptors (Lipinski definition) is 0. The Morgan fingerprint density at radius 1 is 0.600 bits per heavy atom. The predicted molar refractivity (Wildman–Crippen MR) is 5.75 cm³/mol. The van der Waals surface area contributed by atoms with Gasteiger partial charge in [-0.2, -0.15) is 0 Å². The molecule has 0 unspecified atom stereocenters. The van der Waals surface area contributed by atoms with Crippen molar-refractivity contribution in [2.24, 2.45) is 0 Å². The van der Waals surface area contributed by atoms with Crippen molar-refractivity contribution in [1.29, 1.82) is 0 Å². The van der Waals surface area contributed by atoms with Gasteiger partial charge in [0.2, 0.25) is 0 Å². The van der Waals surface area contributed by atoms with Crippen LogP contribution in [0.1, 0.15) is 0 Å². The van der Waals surface area contributed by atoms with Gasteiger partial charge in [0.25, 0.3) is 0 Å². The Morgan fingerprint density at radius 2 is 0.600 bits per heavy atom. The Morgan fingerprint density at radius 3 is 0.600 bits per heavy atom. The first kappa shape index (κ1) is 46.3. The van der Waals surface area contributed by atoms with Crippen LogP contribution < -0.4 is 37.2 Å². The Kier molecular flexibility index (Phi) is 271. The third-order valence-corrected chi connectivity index (χ3v) is 0. The smallest absolute Gasteiger partial charge is 1.00 e. The maximum absolute atomic E-state index is 0. The van der Waals surface area contributed by atoms with Gasteiger partial charge < -0.3 is 37.2 Å². The van der Waals surface area contributed by atoms with Gasteiger partial charge in [-0.25, -0.2) is 0 Å². The number of hydrogen-bond donors (Lipinski definition) is 0. The first-order valence-electron chi connectivity index (χ1n) is 0. The summed E-state index contributed by atoms with van der Waals surface area (Å²) in [5.74, 6) is 0. The standard InChI is InChI=1S/Al.Ce.3ClH/h;;3*1H/q+3;;;;/p-3. The van der Waals surface area contributed by atoms with Crippen LogP contribution in [0.5, 0.6) is 0 Å². The molecule has 5 heavy (non-hydrogen) atoms. The largest absolute Gasteiger partial charge is 3.00 e. The molecule has 0 amide bonds. The Hall–Kier alpha value is 2.78. The molecule has 0 nitrogen and oxygen atoms in total. The van der Waals surface area contributed by atoms with Gasteiger partial charge in [-0.15, -0.1) is 0 Å². The van der Waals surface area contributed by atoms with Crippen LogP contribution in [0.4, 0.5) is 0 Å². The molecule has 0 aromatic rings. The minimum absolute atomic E-state index is 0. The number of halogens is 3. The fourth-order valence-electron chi connectivity index (χ4n) is 0. The summed E-state index contributed by atoms with van der Waals surface area (Å²) in [5, 5.41) is 0. The molecule has 5 heteroatoms. The SMILES string of the molecule is [Al+3].[Ce].[Cl-].[Cl-].[Cl-]. The van der Waals surface area contributed by atoms with Gasteiger partial charge in [0.15, 0.2) is 0 Å². The van der Waals surface area contributed by atoms with Crippen LogP contribution in [0.15, 0.2) is 0 Å². The Labute approximate surface area is 94.6 Å². The first-order chi connectivity index (χ1) is 0. The maximum Gasteiger partial charge on any atom is 3.00 e. The summed E-state index contributed by atoms with van der Waals surface area (Å²) in [6.07, 6.45) is 0. The van der Waals surface area contributed by atoms with Crippen molar-refractivity contribution in [2.75, 3.05) is 0 Å². The fraction of sp³-hybridized carbons (Fsp3) is 0. The topological polar surface area (TPSA) is 0 Å². The second-order valence-electron chi connectivity index (χ2n) is 0. The molecule has 0 N–H and O–H groups in total. The van der Waals surface area contributed by atoms with Crippen LogP contribution in [-0.4, -0.2) is 17.4 Å². The van der Waals surface area contributed by atoms with Gasteiger partial charge in [0.1, 0.15) is 0 Å². The molecule has 0 bridgehead atoms. The summed E-state index contributed by atoms with van der Waals surface area (Å²) in [6.45, 7) is 0. The molecule has 0 fully saturated rings. The van der Waals surface area contributed by atoms with Crippen molar-refractivity contribution in [3.05, 3.63) is 0 Å². The summed E-state index contributed by atoms with van der Waals surface area (Å²) in [4.78, 5) is 0. The summed E-state index contributed by atoms with van der Waals surface area (Å²) in [5.41, 5.74) is 0. The minimum atomic E-state index is 0. The van der Waals surface area contributed by atoms with Crippen molar-refractivity contribution in [3.63, 3.8) is 0 Å². The third kappa shape index (κ3) is 20.0. The molecule has 0 aliphatic carbocycles. The van der Waals surface area contributed by atoms with Crippen molar-refractivity contribution < 1.29 is 79.0 Å². The van der Waals surface area contributed by atoms with Crippen LogP contribution in [0, 0.1) is 41.7 Å². The van der Waals surface area contributed by atoms with Gasteiger partial charge in [-0.3, -0.25) is 0 Å². The zero-order valence-electron chi connectivity index (χ0n) is 2.21. The van der Waals surface area contributed by atoms with E-state index in [4.69, 9.17) is 0 Å². The average Bonchev–Trinajstić information content (AvgIpc) is 0. The van der Waals surface area contributed by atoms with Crippen LogP contribution in [0.3, 0.4) is 0 Å². The summed E-state index contributed by atoms with van der Waals surface area (Å²) < 4.78 is 0. The van der Waals surface area contributed by atoms with Crippen molar-refractivity contribution >= 4 is 17.4 Å². The maximum atomic E-state index is 0. The van der Waals surface area contributed by atoms with E-state index in [1.165, 1.54) is 0 Å². The molecular formula is AlCeCl3. The van der Waals surface area contributed by atoms with Gasteiger partial charge in [0.05, 0.1) is 0 Å². The van der Waals surface area contributed by atoms with Crippen LogP contribution in [-0.2, 0) is 0 Å². The third-order valence-electron chi connectivity index (χ3n) is 0. The predicted octanol–water partition coefficient (Wildman–Crippen LogP) is -9.37. The van der Waals surface area contributed by atoms with Gasteiger partial charge in [-0.05, 0) is 0 Å². The average molecular weight is 273 g/mol. The van der Waals surface area contributed by atoms with E-state index >= 15 is 0 Å². The van der Waals surface area contributed by atoms with Gasteiger partial charge in [0, 0.05) is 41.7 Å². The van der Waals surface area contributed by atoms with E-state index in [0.29, 0.717) is 0 Å². The molecule has 0 aliphatic heterocycles. The molecule has 0 aromatic carbocycles. The molecule has 0 atom stereocenters. The van der Waals surface area contributed by atoms with Crippen molar-refractivity contribution in [2.45, 2.75) is 0 Å². The molecule has 0 heterocycles. The van der Waals surface area contributed by atoms with Crippen LogP contribution in [0.2, 0.25) is 0 Å². The Balaban J connectivity index is 0. The minimum Gasteiger partial charge on any atom is -1.00 e. The number of rotatable bonds is 0. The van der Waals surface area contributed by atoms with E-state index in [-0.39, 0.29) is 96.3 Å². The molecule has 28 valence electrons. The van der Waals surface area contributed by atoms with E-state index in [9.17, 15) is 0 Å². The zero-order chi connectivity index (χ0) is 0.